The maximum atomic E-state index is 12.5. The normalized spacial score (nSPS) is 11.4. The molecule has 0 unspecified atom stereocenters. The summed E-state index contributed by atoms with van der Waals surface area (Å²) in [6.07, 6.45) is -0.591. The molecule has 7 heteroatoms. The number of fused-ring (bicyclic) bond motifs is 1. The molecule has 0 aliphatic heterocycles. The minimum atomic E-state index is -2.87. The molecule has 2 aromatic carbocycles. The first-order valence-electron chi connectivity index (χ1n) is 7.34. The zero-order valence-corrected chi connectivity index (χ0v) is 15.1. The average molecular weight is 353 g/mol. The first-order chi connectivity index (χ1) is 11.0. The molecule has 0 saturated heterocycles. The van der Waals surface area contributed by atoms with Crippen LogP contribution in [0.3, 0.4) is 0 Å². The molecule has 2 aromatic rings. The molecule has 0 heterocycles. The molecule has 0 atom stereocenters. The number of amides is 1. The molecule has 0 spiro atoms. The van der Waals surface area contributed by atoms with Crippen LogP contribution in [0.2, 0.25) is 0 Å². The first kappa shape index (κ1) is 17.9. The molecule has 0 aliphatic carbocycles. The Labute approximate surface area is 141 Å². The smallest absolute Gasteiger partial charge is 0.409 e. The summed E-state index contributed by atoms with van der Waals surface area (Å²) in [7, 11) is 1.54. The van der Waals surface area contributed by atoms with Crippen molar-refractivity contribution >= 4 is 35.3 Å². The molecule has 0 radical (unpaired) electrons. The van der Waals surface area contributed by atoms with E-state index in [0.29, 0.717) is 19.0 Å². The fraction of sp³-hybridized carbons (Fsp3) is 0.312. The lowest BCUT2D eigenvalue weighted by Crippen LogP contribution is -2.29. The van der Waals surface area contributed by atoms with E-state index in [-0.39, 0.29) is 0 Å². The Morgan fingerprint density at radius 1 is 1.09 bits per heavy atom. The van der Waals surface area contributed by atoms with E-state index in [9.17, 15) is 4.79 Å². The largest absolute Gasteiger partial charge is 0.422 e. The number of carbonyl (C=O) groups excluding carboxylic acids is 1. The van der Waals surface area contributed by atoms with Gasteiger partial charge in [-0.15, -0.1) is 0 Å². The van der Waals surface area contributed by atoms with E-state index in [0.717, 1.165) is 10.8 Å². The summed E-state index contributed by atoms with van der Waals surface area (Å²) in [5.74, 6) is 0.481. The summed E-state index contributed by atoms with van der Waals surface area (Å²) in [5.41, 5.74) is 0. The Bertz CT molecular complexity index is 722. The fourth-order valence-corrected chi connectivity index (χ4v) is 4.23. The predicted octanol–water partition coefficient (Wildman–Crippen LogP) is 4.57. The molecule has 124 valence electrons. The van der Waals surface area contributed by atoms with Crippen molar-refractivity contribution in [2.75, 3.05) is 20.3 Å². The van der Waals surface area contributed by atoms with Gasteiger partial charge in [0.2, 0.25) is 0 Å². The van der Waals surface area contributed by atoms with E-state index in [1.165, 1.54) is 4.67 Å². The van der Waals surface area contributed by atoms with Gasteiger partial charge in [0.25, 0.3) is 6.64 Å². The molecule has 0 fully saturated rings. The molecule has 23 heavy (non-hydrogen) atoms. The lowest BCUT2D eigenvalue weighted by Gasteiger charge is -2.29. The van der Waals surface area contributed by atoms with Crippen LogP contribution in [0.5, 0.6) is 5.75 Å². The van der Waals surface area contributed by atoms with Gasteiger partial charge in [0, 0.05) is 12.4 Å². The Kier molecular flexibility index (Phi) is 6.13. The predicted molar refractivity (Wildman–Crippen MR) is 95.3 cm³/mol. The van der Waals surface area contributed by atoms with Crippen molar-refractivity contribution in [1.82, 2.24) is 4.67 Å². The topological polar surface area (TPSA) is 48.0 Å². The van der Waals surface area contributed by atoms with Crippen LogP contribution in [0, 0.1) is 0 Å². The zero-order chi connectivity index (χ0) is 16.9. The number of rotatable bonds is 6. The molecule has 0 N–H and O–H groups in total. The van der Waals surface area contributed by atoms with Crippen molar-refractivity contribution in [2.45, 2.75) is 13.8 Å². The third kappa shape index (κ3) is 4.09. The van der Waals surface area contributed by atoms with Gasteiger partial charge in [0.1, 0.15) is 5.75 Å². The number of hydrogen-bond donors (Lipinski definition) is 0. The third-order valence-electron chi connectivity index (χ3n) is 3.16. The minimum absolute atomic E-state index is 0.364. The van der Waals surface area contributed by atoms with Crippen LogP contribution >= 0.6 is 6.64 Å². The van der Waals surface area contributed by atoms with Crippen molar-refractivity contribution < 1.29 is 18.6 Å². The Balaban J connectivity index is 2.24. The van der Waals surface area contributed by atoms with Gasteiger partial charge in [0.15, 0.2) is 0 Å². The van der Waals surface area contributed by atoms with Crippen LogP contribution < -0.4 is 4.74 Å². The summed E-state index contributed by atoms with van der Waals surface area (Å²) in [4.78, 5) is 12.5. The Morgan fingerprint density at radius 2 is 1.70 bits per heavy atom. The zero-order valence-electron chi connectivity index (χ0n) is 13.4. The first-order valence-corrected chi connectivity index (χ1v) is 9.93. The second-order valence-corrected chi connectivity index (χ2v) is 8.11. The van der Waals surface area contributed by atoms with Gasteiger partial charge < -0.3 is 13.8 Å². The van der Waals surface area contributed by atoms with E-state index in [4.69, 9.17) is 25.6 Å². The molecule has 0 aromatic heterocycles. The minimum Gasteiger partial charge on any atom is -0.409 e. The summed E-state index contributed by atoms with van der Waals surface area (Å²) in [6, 6.07) is 13.2. The molecule has 0 bridgehead atoms. The average Bonchev–Trinajstić information content (AvgIpc) is 2.55. The molecule has 5 nitrogen and oxygen atoms in total. The van der Waals surface area contributed by atoms with Gasteiger partial charge in [-0.2, -0.15) is 0 Å². The molecule has 0 aliphatic rings. The summed E-state index contributed by atoms with van der Waals surface area (Å²) < 4.78 is 17.8. The van der Waals surface area contributed by atoms with E-state index in [1.54, 1.807) is 13.1 Å². The van der Waals surface area contributed by atoms with Gasteiger partial charge in [0.05, 0.1) is 13.2 Å². The van der Waals surface area contributed by atoms with Crippen molar-refractivity contribution in [3.05, 3.63) is 42.5 Å². The summed E-state index contributed by atoms with van der Waals surface area (Å²) >= 11 is 5.40. The molecule has 2 rings (SSSR count). The van der Waals surface area contributed by atoms with Crippen LogP contribution in [-0.4, -0.2) is 31.0 Å². The highest BCUT2D eigenvalue weighted by atomic mass is 32.5. The van der Waals surface area contributed by atoms with E-state index < -0.39 is 12.7 Å². The van der Waals surface area contributed by atoms with E-state index >= 15 is 0 Å². The van der Waals surface area contributed by atoms with Gasteiger partial charge in [-0.1, -0.05) is 36.4 Å². The lowest BCUT2D eigenvalue weighted by atomic mass is 10.1. The van der Waals surface area contributed by atoms with Gasteiger partial charge in [-0.25, -0.2) is 9.46 Å². The second-order valence-electron chi connectivity index (χ2n) is 4.67. The Morgan fingerprint density at radius 3 is 2.35 bits per heavy atom. The number of benzene rings is 2. The molecular weight excluding hydrogens is 333 g/mol. The third-order valence-corrected chi connectivity index (χ3v) is 6.60. The molecular formula is C16H20NO4PS. The SMILES string of the molecule is CCOP(=S)(OCC)N(C)C(=O)Oc1cccc2ccccc12. The highest BCUT2D eigenvalue weighted by Gasteiger charge is 2.30. The van der Waals surface area contributed by atoms with Crippen LogP contribution in [0.4, 0.5) is 4.79 Å². The number of nitrogens with zero attached hydrogens (tertiary/aromatic N) is 1. The van der Waals surface area contributed by atoms with Crippen molar-refractivity contribution in [3.63, 3.8) is 0 Å². The van der Waals surface area contributed by atoms with Crippen LogP contribution in [-0.2, 0) is 20.9 Å². The summed E-state index contributed by atoms with van der Waals surface area (Å²) in [5, 5.41) is 1.85. The van der Waals surface area contributed by atoms with Crippen LogP contribution in [0.1, 0.15) is 13.8 Å². The number of ether oxygens (including phenoxy) is 1. The fourth-order valence-electron chi connectivity index (χ4n) is 2.08. The monoisotopic (exact) mass is 353 g/mol. The molecule has 0 saturated carbocycles. The highest BCUT2D eigenvalue weighted by Crippen LogP contribution is 2.51. The van der Waals surface area contributed by atoms with E-state index in [2.05, 4.69) is 0 Å². The van der Waals surface area contributed by atoms with Crippen LogP contribution in [0.15, 0.2) is 42.5 Å². The lowest BCUT2D eigenvalue weighted by molar-refractivity contribution is 0.169. The quantitative estimate of drug-likeness (QED) is 0.712. The highest BCUT2D eigenvalue weighted by molar-refractivity contribution is 8.09. The number of carbonyl (C=O) groups is 1. The van der Waals surface area contributed by atoms with Crippen molar-refractivity contribution in [2.24, 2.45) is 0 Å². The van der Waals surface area contributed by atoms with Gasteiger partial charge in [-0.3, -0.25) is 0 Å². The second kappa shape index (κ2) is 7.88. The van der Waals surface area contributed by atoms with Crippen LogP contribution in [0.25, 0.3) is 10.8 Å². The van der Waals surface area contributed by atoms with Crippen molar-refractivity contribution in [3.8, 4) is 5.75 Å². The standard InChI is InChI=1S/C16H20NO4PS/c1-4-19-22(23,20-5-2)17(3)16(18)21-15-12-8-10-13-9-6-7-11-14(13)15/h6-12H,4-5H2,1-3H3. The van der Waals surface area contributed by atoms with Gasteiger partial charge >= 0.3 is 6.09 Å². The number of hydrogen-bond acceptors (Lipinski definition) is 5. The Hall–Kier alpha value is -1.46. The van der Waals surface area contributed by atoms with Crippen molar-refractivity contribution in [1.29, 1.82) is 0 Å². The van der Waals surface area contributed by atoms with E-state index in [1.807, 2.05) is 50.2 Å². The van der Waals surface area contributed by atoms with Gasteiger partial charge in [-0.05, 0) is 37.1 Å². The maximum absolute atomic E-state index is 12.5. The maximum Gasteiger partial charge on any atom is 0.422 e. The summed E-state index contributed by atoms with van der Waals surface area (Å²) in [6.45, 7) is 1.48. The molecule has 1 amide bonds.